The first-order valence-corrected chi connectivity index (χ1v) is 6.15. The number of benzene rings is 2. The molecule has 110 valence electrons. The molecule has 21 heavy (non-hydrogen) atoms. The molecule has 0 unspecified atom stereocenters. The average molecular weight is 293 g/mol. The van der Waals surface area contributed by atoms with Crippen molar-refractivity contribution < 1.29 is 23.4 Å². The SMILES string of the molecule is O=C(Cc1ccc(OC(F)F)cc1)Nc1cccc(O)c1. The van der Waals surface area contributed by atoms with Crippen LogP contribution in [0.15, 0.2) is 48.5 Å². The Balaban J connectivity index is 1.93. The van der Waals surface area contributed by atoms with Gasteiger partial charge in [-0.3, -0.25) is 4.79 Å². The van der Waals surface area contributed by atoms with E-state index in [2.05, 4.69) is 10.1 Å². The van der Waals surface area contributed by atoms with Crippen LogP contribution in [0.4, 0.5) is 14.5 Å². The molecule has 0 saturated heterocycles. The molecule has 0 saturated carbocycles. The quantitative estimate of drug-likeness (QED) is 0.890. The van der Waals surface area contributed by atoms with Crippen LogP contribution in [0.2, 0.25) is 0 Å². The molecule has 0 fully saturated rings. The molecule has 2 aromatic rings. The minimum Gasteiger partial charge on any atom is -0.508 e. The van der Waals surface area contributed by atoms with E-state index >= 15 is 0 Å². The number of alkyl halides is 2. The van der Waals surface area contributed by atoms with E-state index in [4.69, 9.17) is 0 Å². The van der Waals surface area contributed by atoms with Crippen molar-refractivity contribution in [3.05, 3.63) is 54.1 Å². The second-order valence-electron chi connectivity index (χ2n) is 4.30. The van der Waals surface area contributed by atoms with Gasteiger partial charge in [-0.15, -0.1) is 0 Å². The van der Waals surface area contributed by atoms with E-state index in [9.17, 15) is 18.7 Å². The van der Waals surface area contributed by atoms with Crippen LogP contribution in [0.3, 0.4) is 0 Å². The van der Waals surface area contributed by atoms with Crippen molar-refractivity contribution in [2.75, 3.05) is 5.32 Å². The summed E-state index contributed by atoms with van der Waals surface area (Å²) in [5.74, 6) is -0.174. The van der Waals surface area contributed by atoms with Gasteiger partial charge in [-0.2, -0.15) is 8.78 Å². The summed E-state index contributed by atoms with van der Waals surface area (Å²) in [5.41, 5.74) is 1.15. The molecule has 0 atom stereocenters. The van der Waals surface area contributed by atoms with Gasteiger partial charge in [-0.25, -0.2) is 0 Å². The summed E-state index contributed by atoms with van der Waals surface area (Å²) < 4.78 is 28.2. The van der Waals surface area contributed by atoms with Gasteiger partial charge in [-0.05, 0) is 29.8 Å². The van der Waals surface area contributed by atoms with Gasteiger partial charge in [0.15, 0.2) is 0 Å². The lowest BCUT2D eigenvalue weighted by molar-refractivity contribution is -0.115. The Kier molecular flexibility index (Phi) is 4.71. The van der Waals surface area contributed by atoms with Gasteiger partial charge < -0.3 is 15.2 Å². The van der Waals surface area contributed by atoms with Crippen molar-refractivity contribution in [1.29, 1.82) is 0 Å². The number of carbonyl (C=O) groups is 1. The number of aromatic hydroxyl groups is 1. The van der Waals surface area contributed by atoms with Crippen molar-refractivity contribution in [3.63, 3.8) is 0 Å². The maximum Gasteiger partial charge on any atom is 0.387 e. The largest absolute Gasteiger partial charge is 0.508 e. The number of carbonyl (C=O) groups excluding carboxylic acids is 1. The maximum absolute atomic E-state index is 12.0. The van der Waals surface area contributed by atoms with Crippen LogP contribution < -0.4 is 10.1 Å². The summed E-state index contributed by atoms with van der Waals surface area (Å²) in [6.07, 6.45) is 0.0879. The average Bonchev–Trinajstić information content (AvgIpc) is 2.40. The molecule has 1 amide bonds. The van der Waals surface area contributed by atoms with Crippen LogP contribution in [0.5, 0.6) is 11.5 Å². The molecule has 6 heteroatoms. The monoisotopic (exact) mass is 293 g/mol. The molecule has 0 aliphatic heterocycles. The van der Waals surface area contributed by atoms with Gasteiger partial charge in [0.05, 0.1) is 6.42 Å². The van der Waals surface area contributed by atoms with Gasteiger partial charge in [0.25, 0.3) is 0 Å². The third kappa shape index (κ3) is 4.76. The van der Waals surface area contributed by atoms with E-state index in [-0.39, 0.29) is 23.8 Å². The number of phenols is 1. The molecule has 2 aromatic carbocycles. The van der Waals surface area contributed by atoms with Crippen LogP contribution in [0.25, 0.3) is 0 Å². The molecule has 0 bridgehead atoms. The van der Waals surface area contributed by atoms with Gasteiger partial charge in [-0.1, -0.05) is 18.2 Å². The van der Waals surface area contributed by atoms with Crippen molar-refractivity contribution in [2.24, 2.45) is 0 Å². The van der Waals surface area contributed by atoms with Crippen molar-refractivity contribution in [2.45, 2.75) is 13.0 Å². The van der Waals surface area contributed by atoms with E-state index in [1.54, 1.807) is 24.3 Å². The number of hydrogen-bond donors (Lipinski definition) is 2. The Labute approximate surface area is 120 Å². The van der Waals surface area contributed by atoms with Crippen LogP contribution in [0.1, 0.15) is 5.56 Å². The maximum atomic E-state index is 12.0. The number of halogens is 2. The summed E-state index contributed by atoms with van der Waals surface area (Å²) in [7, 11) is 0. The fraction of sp³-hybridized carbons (Fsp3) is 0.133. The predicted molar refractivity (Wildman–Crippen MR) is 73.5 cm³/mol. The molecular weight excluding hydrogens is 280 g/mol. The van der Waals surface area contributed by atoms with Crippen LogP contribution in [0, 0.1) is 0 Å². The van der Waals surface area contributed by atoms with E-state index in [0.29, 0.717) is 11.3 Å². The standard InChI is InChI=1S/C15H13F2NO3/c16-15(17)21-13-6-4-10(5-7-13)8-14(20)18-11-2-1-3-12(19)9-11/h1-7,9,15,19H,8H2,(H,18,20). The highest BCUT2D eigenvalue weighted by molar-refractivity contribution is 5.92. The first-order chi connectivity index (χ1) is 10.0. The number of amides is 1. The highest BCUT2D eigenvalue weighted by Crippen LogP contribution is 2.17. The van der Waals surface area contributed by atoms with Crippen molar-refractivity contribution in [3.8, 4) is 11.5 Å². The molecule has 2 rings (SSSR count). The Bertz CT molecular complexity index is 615. The highest BCUT2D eigenvalue weighted by atomic mass is 19.3. The lowest BCUT2D eigenvalue weighted by Crippen LogP contribution is -2.14. The lowest BCUT2D eigenvalue weighted by atomic mass is 10.1. The zero-order valence-corrected chi connectivity index (χ0v) is 10.9. The van der Waals surface area contributed by atoms with Gasteiger partial charge >= 0.3 is 6.61 Å². The Morgan fingerprint density at radius 2 is 1.90 bits per heavy atom. The summed E-state index contributed by atoms with van der Waals surface area (Å²) in [6, 6.07) is 12.0. The van der Waals surface area contributed by atoms with Crippen LogP contribution >= 0.6 is 0 Å². The Morgan fingerprint density at radius 3 is 2.52 bits per heavy atom. The minimum atomic E-state index is -2.87. The number of ether oxygens (including phenoxy) is 1. The molecule has 0 aliphatic carbocycles. The fourth-order valence-corrected chi connectivity index (χ4v) is 1.76. The van der Waals surface area contributed by atoms with Gasteiger partial charge in [0.1, 0.15) is 11.5 Å². The van der Waals surface area contributed by atoms with Crippen molar-refractivity contribution in [1.82, 2.24) is 0 Å². The summed E-state index contributed by atoms with van der Waals surface area (Å²) >= 11 is 0. The van der Waals surface area contributed by atoms with Crippen LogP contribution in [-0.2, 0) is 11.2 Å². The van der Waals surface area contributed by atoms with E-state index in [1.807, 2.05) is 0 Å². The van der Waals surface area contributed by atoms with E-state index in [0.717, 1.165) is 0 Å². The Hall–Kier alpha value is -2.63. The number of rotatable bonds is 5. The normalized spacial score (nSPS) is 10.4. The Morgan fingerprint density at radius 1 is 1.19 bits per heavy atom. The first-order valence-electron chi connectivity index (χ1n) is 6.15. The lowest BCUT2D eigenvalue weighted by Gasteiger charge is -2.07. The topological polar surface area (TPSA) is 58.6 Å². The number of phenolic OH excluding ortho intramolecular Hbond substituents is 1. The molecule has 0 radical (unpaired) electrons. The van der Waals surface area contributed by atoms with E-state index < -0.39 is 6.61 Å². The number of anilines is 1. The minimum absolute atomic E-state index is 0.0436. The smallest absolute Gasteiger partial charge is 0.387 e. The zero-order valence-electron chi connectivity index (χ0n) is 10.9. The molecule has 0 aromatic heterocycles. The predicted octanol–water partition coefficient (Wildman–Crippen LogP) is 3.17. The second-order valence-corrected chi connectivity index (χ2v) is 4.30. The summed E-state index contributed by atoms with van der Waals surface area (Å²) in [4.78, 5) is 11.8. The molecule has 0 spiro atoms. The first kappa shape index (κ1) is 14.8. The molecular formula is C15H13F2NO3. The molecule has 4 nitrogen and oxygen atoms in total. The number of hydrogen-bond acceptors (Lipinski definition) is 3. The third-order valence-electron chi connectivity index (χ3n) is 2.64. The van der Waals surface area contributed by atoms with Crippen molar-refractivity contribution >= 4 is 11.6 Å². The van der Waals surface area contributed by atoms with Gasteiger partial charge in [0, 0.05) is 11.8 Å². The molecule has 2 N–H and O–H groups in total. The third-order valence-corrected chi connectivity index (χ3v) is 2.64. The summed E-state index contributed by atoms with van der Waals surface area (Å²) in [5, 5.41) is 11.9. The summed E-state index contributed by atoms with van der Waals surface area (Å²) in [6.45, 7) is -2.87. The number of nitrogens with one attached hydrogen (secondary N) is 1. The highest BCUT2D eigenvalue weighted by Gasteiger charge is 2.07. The second kappa shape index (κ2) is 6.69. The molecule has 0 aliphatic rings. The van der Waals surface area contributed by atoms with Gasteiger partial charge in [0.2, 0.25) is 5.91 Å². The molecule has 0 heterocycles. The zero-order chi connectivity index (χ0) is 15.2. The van der Waals surface area contributed by atoms with Crippen LogP contribution in [-0.4, -0.2) is 17.6 Å². The van der Waals surface area contributed by atoms with E-state index in [1.165, 1.54) is 24.3 Å². The fourth-order valence-electron chi connectivity index (χ4n) is 1.76.